The highest BCUT2D eigenvalue weighted by Crippen LogP contribution is 1.91. The van der Waals surface area contributed by atoms with Crippen molar-refractivity contribution < 1.29 is 14.2 Å². The highest BCUT2D eigenvalue weighted by Gasteiger charge is 1.93. The first kappa shape index (κ1) is 14.2. The maximum Gasteiger partial charge on any atom is 0.0701 e. The number of thiol groups is 1. The molecule has 0 saturated heterocycles. The first-order valence-corrected chi connectivity index (χ1v) is 5.74. The molecule has 0 aliphatic carbocycles. The standard InChI is InChI=1S/C10H22O3S/c1-10(2)9-13-6-5-11-3-4-12-7-8-14/h10,14H,3-9H2,1-2H3. The van der Waals surface area contributed by atoms with Gasteiger partial charge in [0.2, 0.25) is 0 Å². The Kier molecular flexibility index (Phi) is 11.5. The molecule has 0 aromatic rings. The summed E-state index contributed by atoms with van der Waals surface area (Å²) in [6.07, 6.45) is 0. The minimum Gasteiger partial charge on any atom is -0.379 e. The molecular weight excluding hydrogens is 200 g/mol. The lowest BCUT2D eigenvalue weighted by Crippen LogP contribution is -2.11. The van der Waals surface area contributed by atoms with Crippen LogP contribution in [0.25, 0.3) is 0 Å². The zero-order valence-corrected chi connectivity index (χ0v) is 10.1. The topological polar surface area (TPSA) is 27.7 Å². The molecule has 0 radical (unpaired) electrons. The van der Waals surface area contributed by atoms with Crippen LogP contribution in [0.2, 0.25) is 0 Å². The highest BCUT2D eigenvalue weighted by molar-refractivity contribution is 7.80. The maximum atomic E-state index is 5.34. The summed E-state index contributed by atoms with van der Waals surface area (Å²) < 4.78 is 15.8. The van der Waals surface area contributed by atoms with Crippen molar-refractivity contribution >= 4 is 12.6 Å². The third kappa shape index (κ3) is 12.2. The van der Waals surface area contributed by atoms with Gasteiger partial charge in [-0.1, -0.05) is 13.8 Å². The Bertz CT molecular complexity index is 110. The van der Waals surface area contributed by atoms with Crippen LogP contribution < -0.4 is 0 Å². The molecule has 0 aromatic heterocycles. The van der Waals surface area contributed by atoms with Crippen LogP contribution >= 0.6 is 12.6 Å². The van der Waals surface area contributed by atoms with Crippen LogP contribution in [0.1, 0.15) is 13.8 Å². The van der Waals surface area contributed by atoms with Gasteiger partial charge in [0.05, 0.1) is 33.0 Å². The van der Waals surface area contributed by atoms with E-state index >= 15 is 0 Å². The van der Waals surface area contributed by atoms with Crippen molar-refractivity contribution in [2.24, 2.45) is 5.92 Å². The van der Waals surface area contributed by atoms with E-state index < -0.39 is 0 Å². The summed E-state index contributed by atoms with van der Waals surface area (Å²) in [6.45, 7) is 8.36. The van der Waals surface area contributed by atoms with Crippen LogP contribution in [-0.2, 0) is 14.2 Å². The smallest absolute Gasteiger partial charge is 0.0701 e. The second kappa shape index (κ2) is 11.3. The van der Waals surface area contributed by atoms with Gasteiger partial charge in [0.1, 0.15) is 0 Å². The van der Waals surface area contributed by atoms with Gasteiger partial charge < -0.3 is 14.2 Å². The van der Waals surface area contributed by atoms with Crippen molar-refractivity contribution in [2.45, 2.75) is 13.8 Å². The van der Waals surface area contributed by atoms with Gasteiger partial charge in [-0.15, -0.1) is 0 Å². The molecule has 4 heteroatoms. The normalized spacial score (nSPS) is 11.1. The van der Waals surface area contributed by atoms with Gasteiger partial charge in [-0.3, -0.25) is 0 Å². The fourth-order valence-electron chi connectivity index (χ4n) is 0.823. The van der Waals surface area contributed by atoms with Gasteiger partial charge in [-0.2, -0.15) is 12.6 Å². The molecule has 0 aromatic carbocycles. The van der Waals surface area contributed by atoms with E-state index in [0.29, 0.717) is 39.0 Å². The molecule has 0 saturated carbocycles. The predicted molar refractivity (Wildman–Crippen MR) is 61.1 cm³/mol. The first-order chi connectivity index (χ1) is 6.77. The molecule has 0 aliphatic rings. The van der Waals surface area contributed by atoms with Crippen LogP contribution in [0.5, 0.6) is 0 Å². The molecule has 0 N–H and O–H groups in total. The average molecular weight is 222 g/mol. The van der Waals surface area contributed by atoms with E-state index in [-0.39, 0.29) is 0 Å². The zero-order valence-electron chi connectivity index (χ0n) is 9.20. The van der Waals surface area contributed by atoms with Gasteiger partial charge in [-0.25, -0.2) is 0 Å². The first-order valence-electron chi connectivity index (χ1n) is 5.11. The monoisotopic (exact) mass is 222 g/mol. The van der Waals surface area contributed by atoms with Gasteiger partial charge >= 0.3 is 0 Å². The van der Waals surface area contributed by atoms with Crippen molar-refractivity contribution in [2.75, 3.05) is 45.4 Å². The van der Waals surface area contributed by atoms with Crippen molar-refractivity contribution in [3.8, 4) is 0 Å². The SMILES string of the molecule is CC(C)COCCOCCOCCS. The average Bonchev–Trinajstić information content (AvgIpc) is 2.15. The molecule has 0 aliphatic heterocycles. The Morgan fingerprint density at radius 3 is 1.86 bits per heavy atom. The minimum atomic E-state index is 0.591. The van der Waals surface area contributed by atoms with Gasteiger partial charge in [-0.05, 0) is 5.92 Å². The number of hydrogen-bond donors (Lipinski definition) is 1. The van der Waals surface area contributed by atoms with Gasteiger partial charge in [0, 0.05) is 12.4 Å². The van der Waals surface area contributed by atoms with Crippen LogP contribution in [0.3, 0.4) is 0 Å². The van der Waals surface area contributed by atoms with E-state index in [4.69, 9.17) is 14.2 Å². The summed E-state index contributed by atoms with van der Waals surface area (Å²) in [5, 5.41) is 0. The zero-order chi connectivity index (χ0) is 10.6. The molecular formula is C10H22O3S. The summed E-state index contributed by atoms with van der Waals surface area (Å²) in [4.78, 5) is 0. The molecule has 3 nitrogen and oxygen atoms in total. The maximum absolute atomic E-state index is 5.34. The fraction of sp³-hybridized carbons (Fsp3) is 1.00. The predicted octanol–water partition coefficient (Wildman–Crippen LogP) is 1.62. The van der Waals surface area contributed by atoms with Crippen molar-refractivity contribution in [3.63, 3.8) is 0 Å². The van der Waals surface area contributed by atoms with E-state index in [1.54, 1.807) is 0 Å². The van der Waals surface area contributed by atoms with E-state index in [0.717, 1.165) is 12.4 Å². The van der Waals surface area contributed by atoms with Crippen LogP contribution in [0.15, 0.2) is 0 Å². The molecule has 0 fully saturated rings. The molecule has 0 amide bonds. The Morgan fingerprint density at radius 2 is 1.36 bits per heavy atom. The largest absolute Gasteiger partial charge is 0.379 e. The Labute approximate surface area is 92.5 Å². The van der Waals surface area contributed by atoms with E-state index in [1.165, 1.54) is 0 Å². The highest BCUT2D eigenvalue weighted by atomic mass is 32.1. The van der Waals surface area contributed by atoms with Gasteiger partial charge in [0.25, 0.3) is 0 Å². The summed E-state index contributed by atoms with van der Waals surface area (Å²) in [5.74, 6) is 1.35. The van der Waals surface area contributed by atoms with Crippen molar-refractivity contribution in [1.82, 2.24) is 0 Å². The molecule has 14 heavy (non-hydrogen) atoms. The van der Waals surface area contributed by atoms with Crippen molar-refractivity contribution in [3.05, 3.63) is 0 Å². The summed E-state index contributed by atoms with van der Waals surface area (Å²) in [7, 11) is 0. The van der Waals surface area contributed by atoms with E-state index in [1.807, 2.05) is 0 Å². The third-order valence-corrected chi connectivity index (χ3v) is 1.61. The Balaban J connectivity index is 2.85. The Morgan fingerprint density at radius 1 is 0.857 bits per heavy atom. The Hall–Kier alpha value is 0.230. The van der Waals surface area contributed by atoms with Crippen LogP contribution in [0, 0.1) is 5.92 Å². The van der Waals surface area contributed by atoms with Crippen LogP contribution in [0.4, 0.5) is 0 Å². The lowest BCUT2D eigenvalue weighted by Gasteiger charge is -2.07. The molecule has 0 rings (SSSR count). The van der Waals surface area contributed by atoms with Crippen LogP contribution in [-0.4, -0.2) is 45.4 Å². The lowest BCUT2D eigenvalue weighted by molar-refractivity contribution is 0.0121. The van der Waals surface area contributed by atoms with E-state index in [2.05, 4.69) is 26.5 Å². The second-order valence-electron chi connectivity index (χ2n) is 3.42. The fourth-order valence-corrected chi connectivity index (χ4v) is 0.953. The lowest BCUT2D eigenvalue weighted by atomic mass is 10.2. The molecule has 0 unspecified atom stereocenters. The molecule has 86 valence electrons. The summed E-state index contributed by atoms with van der Waals surface area (Å²) in [5.41, 5.74) is 0. The third-order valence-electron chi connectivity index (χ3n) is 1.43. The second-order valence-corrected chi connectivity index (χ2v) is 3.86. The molecule has 0 bridgehead atoms. The minimum absolute atomic E-state index is 0.591. The number of hydrogen-bond acceptors (Lipinski definition) is 4. The molecule has 0 spiro atoms. The molecule has 0 heterocycles. The van der Waals surface area contributed by atoms with Crippen molar-refractivity contribution in [1.29, 1.82) is 0 Å². The van der Waals surface area contributed by atoms with Gasteiger partial charge in [0.15, 0.2) is 0 Å². The number of ether oxygens (including phenoxy) is 3. The van der Waals surface area contributed by atoms with E-state index in [9.17, 15) is 0 Å². The number of rotatable bonds is 10. The summed E-state index contributed by atoms with van der Waals surface area (Å²) >= 11 is 4.03. The summed E-state index contributed by atoms with van der Waals surface area (Å²) in [6, 6.07) is 0. The quantitative estimate of drug-likeness (QED) is 0.450. The molecule has 0 atom stereocenters.